The highest BCUT2D eigenvalue weighted by molar-refractivity contribution is 14.1. The summed E-state index contributed by atoms with van der Waals surface area (Å²) in [5.74, 6) is 0.850. The Labute approximate surface area is 147 Å². The normalized spacial score (nSPS) is 10.7. The van der Waals surface area contributed by atoms with Crippen molar-refractivity contribution in [1.29, 1.82) is 0 Å². The van der Waals surface area contributed by atoms with Crippen LogP contribution in [0.4, 0.5) is 5.13 Å². The van der Waals surface area contributed by atoms with E-state index in [1.165, 1.54) is 11.3 Å². The zero-order valence-corrected chi connectivity index (χ0v) is 15.5. The molecule has 1 aromatic carbocycles. The molecule has 0 fully saturated rings. The highest BCUT2D eigenvalue weighted by Gasteiger charge is 2.14. The number of anilines is 1. The Balaban J connectivity index is 1.85. The predicted octanol–water partition coefficient (Wildman–Crippen LogP) is 4.06. The zero-order chi connectivity index (χ0) is 15.9. The summed E-state index contributed by atoms with van der Waals surface area (Å²) in [5, 5.41) is 12.4. The molecular formula is C15H18IN3O2S. The van der Waals surface area contributed by atoms with Crippen molar-refractivity contribution < 1.29 is 9.53 Å². The monoisotopic (exact) mass is 431 g/mol. The number of nitrogens with one attached hydrogen (secondary N) is 1. The van der Waals surface area contributed by atoms with Gasteiger partial charge in [-0.15, -0.1) is 10.2 Å². The lowest BCUT2D eigenvalue weighted by Gasteiger charge is -2.06. The first kappa shape index (κ1) is 17.1. The average molecular weight is 431 g/mol. The van der Waals surface area contributed by atoms with E-state index in [0.717, 1.165) is 21.4 Å². The van der Waals surface area contributed by atoms with Gasteiger partial charge in [0.15, 0.2) is 6.61 Å². The first-order valence-electron chi connectivity index (χ1n) is 7.14. The molecule has 0 aliphatic rings. The fraction of sp³-hybridized carbons (Fsp3) is 0.400. The van der Waals surface area contributed by atoms with Gasteiger partial charge >= 0.3 is 0 Å². The molecule has 0 aliphatic carbocycles. The zero-order valence-electron chi connectivity index (χ0n) is 12.5. The minimum Gasteiger partial charge on any atom is -0.484 e. The van der Waals surface area contributed by atoms with E-state index < -0.39 is 0 Å². The average Bonchev–Trinajstić information content (AvgIpc) is 2.96. The summed E-state index contributed by atoms with van der Waals surface area (Å²) in [5.41, 5.74) is 0. The molecule has 0 saturated heterocycles. The van der Waals surface area contributed by atoms with E-state index >= 15 is 0 Å². The van der Waals surface area contributed by atoms with Crippen molar-refractivity contribution in [3.63, 3.8) is 0 Å². The summed E-state index contributed by atoms with van der Waals surface area (Å²) in [6.45, 7) is 4.21. The number of hydrogen-bond donors (Lipinski definition) is 1. The van der Waals surface area contributed by atoms with Crippen molar-refractivity contribution in [3.8, 4) is 5.75 Å². The molecule has 2 aromatic rings. The van der Waals surface area contributed by atoms with Crippen LogP contribution in [-0.4, -0.2) is 22.7 Å². The molecule has 0 saturated carbocycles. The van der Waals surface area contributed by atoms with Crippen LogP contribution in [0.5, 0.6) is 5.75 Å². The molecule has 2 rings (SSSR count). The standard InChI is InChI=1S/C15H18IN3O2S/c1-3-10(4-2)14-18-19-15(22-14)17-13(20)9-21-12-7-5-11(16)6-8-12/h5-8,10H,3-4,9H2,1-2H3,(H,17,19,20). The predicted molar refractivity (Wildman–Crippen MR) is 96.5 cm³/mol. The van der Waals surface area contributed by atoms with Crippen LogP contribution in [0.25, 0.3) is 0 Å². The maximum absolute atomic E-state index is 11.9. The summed E-state index contributed by atoms with van der Waals surface area (Å²) in [6, 6.07) is 7.54. The Kier molecular flexibility index (Phi) is 6.56. The highest BCUT2D eigenvalue weighted by atomic mass is 127. The lowest BCUT2D eigenvalue weighted by molar-refractivity contribution is -0.118. The Morgan fingerprint density at radius 1 is 1.27 bits per heavy atom. The van der Waals surface area contributed by atoms with Gasteiger partial charge in [0.05, 0.1) is 0 Å². The Hall–Kier alpha value is -1.22. The Morgan fingerprint density at radius 3 is 2.59 bits per heavy atom. The van der Waals surface area contributed by atoms with E-state index in [9.17, 15) is 4.79 Å². The minimum atomic E-state index is -0.231. The molecule has 1 aromatic heterocycles. The van der Waals surface area contributed by atoms with Crippen LogP contribution in [-0.2, 0) is 4.79 Å². The number of halogens is 1. The second-order valence-electron chi connectivity index (χ2n) is 4.75. The van der Waals surface area contributed by atoms with Gasteiger partial charge in [-0.2, -0.15) is 0 Å². The molecule has 1 amide bonds. The second-order valence-corrected chi connectivity index (χ2v) is 7.00. The molecule has 0 bridgehead atoms. The molecule has 0 aliphatic heterocycles. The third-order valence-corrected chi connectivity index (χ3v) is 4.93. The number of amides is 1. The van der Waals surface area contributed by atoms with E-state index in [1.54, 1.807) is 0 Å². The summed E-state index contributed by atoms with van der Waals surface area (Å²) < 4.78 is 6.56. The fourth-order valence-electron chi connectivity index (χ4n) is 1.92. The van der Waals surface area contributed by atoms with E-state index in [2.05, 4.69) is 52.0 Å². The molecule has 22 heavy (non-hydrogen) atoms. The summed E-state index contributed by atoms with van der Waals surface area (Å²) in [7, 11) is 0. The van der Waals surface area contributed by atoms with E-state index in [4.69, 9.17) is 4.74 Å². The molecule has 0 spiro atoms. The lowest BCUT2D eigenvalue weighted by Crippen LogP contribution is -2.20. The van der Waals surface area contributed by atoms with Gasteiger partial charge in [-0.3, -0.25) is 10.1 Å². The van der Waals surface area contributed by atoms with Crippen LogP contribution < -0.4 is 10.1 Å². The van der Waals surface area contributed by atoms with E-state index in [0.29, 0.717) is 16.8 Å². The third kappa shape index (κ3) is 4.91. The topological polar surface area (TPSA) is 64.1 Å². The molecule has 1 heterocycles. The van der Waals surface area contributed by atoms with Gasteiger partial charge in [0.2, 0.25) is 5.13 Å². The molecule has 5 nitrogen and oxygen atoms in total. The van der Waals surface area contributed by atoms with Crippen molar-refractivity contribution in [2.75, 3.05) is 11.9 Å². The maximum Gasteiger partial charge on any atom is 0.264 e. The molecular weight excluding hydrogens is 413 g/mol. The lowest BCUT2D eigenvalue weighted by atomic mass is 10.1. The van der Waals surface area contributed by atoms with Gasteiger partial charge in [-0.1, -0.05) is 25.2 Å². The van der Waals surface area contributed by atoms with Gasteiger partial charge in [-0.25, -0.2) is 0 Å². The SMILES string of the molecule is CCC(CC)c1nnc(NC(=O)COc2ccc(I)cc2)s1. The largest absolute Gasteiger partial charge is 0.484 e. The van der Waals surface area contributed by atoms with Crippen molar-refractivity contribution in [2.45, 2.75) is 32.6 Å². The molecule has 0 atom stereocenters. The number of carbonyl (C=O) groups is 1. The number of carbonyl (C=O) groups excluding carboxylic acids is 1. The molecule has 118 valence electrons. The summed E-state index contributed by atoms with van der Waals surface area (Å²) in [6.07, 6.45) is 2.05. The first-order valence-corrected chi connectivity index (χ1v) is 9.03. The summed E-state index contributed by atoms with van der Waals surface area (Å²) >= 11 is 3.65. The quantitative estimate of drug-likeness (QED) is 0.672. The first-order chi connectivity index (χ1) is 10.6. The molecule has 0 radical (unpaired) electrons. The van der Waals surface area contributed by atoms with Crippen molar-refractivity contribution in [1.82, 2.24) is 10.2 Å². The third-order valence-electron chi connectivity index (χ3n) is 3.21. The highest BCUT2D eigenvalue weighted by Crippen LogP contribution is 2.27. The fourth-order valence-corrected chi connectivity index (χ4v) is 3.31. The van der Waals surface area contributed by atoms with Crippen LogP contribution >= 0.6 is 33.9 Å². The van der Waals surface area contributed by atoms with Crippen LogP contribution in [0.3, 0.4) is 0 Å². The molecule has 0 unspecified atom stereocenters. The Bertz CT molecular complexity index is 612. The smallest absolute Gasteiger partial charge is 0.264 e. The van der Waals surface area contributed by atoms with Gasteiger partial charge in [0.1, 0.15) is 10.8 Å². The van der Waals surface area contributed by atoms with Crippen molar-refractivity contribution in [2.24, 2.45) is 0 Å². The van der Waals surface area contributed by atoms with Gasteiger partial charge in [0, 0.05) is 9.49 Å². The van der Waals surface area contributed by atoms with Crippen molar-refractivity contribution in [3.05, 3.63) is 32.8 Å². The van der Waals surface area contributed by atoms with Gasteiger partial charge in [0.25, 0.3) is 5.91 Å². The number of ether oxygens (including phenoxy) is 1. The maximum atomic E-state index is 11.9. The second kappa shape index (κ2) is 8.42. The number of hydrogen-bond acceptors (Lipinski definition) is 5. The molecule has 7 heteroatoms. The van der Waals surface area contributed by atoms with E-state index in [-0.39, 0.29) is 12.5 Å². The van der Waals surface area contributed by atoms with Crippen LogP contribution in [0.2, 0.25) is 0 Å². The van der Waals surface area contributed by atoms with Crippen LogP contribution in [0.15, 0.2) is 24.3 Å². The number of nitrogens with zero attached hydrogens (tertiary/aromatic N) is 2. The van der Waals surface area contributed by atoms with Crippen molar-refractivity contribution >= 4 is 45.0 Å². The number of benzene rings is 1. The van der Waals surface area contributed by atoms with Crippen LogP contribution in [0, 0.1) is 3.57 Å². The molecule has 1 N–H and O–H groups in total. The van der Waals surface area contributed by atoms with E-state index in [1.807, 2.05) is 24.3 Å². The summed E-state index contributed by atoms with van der Waals surface area (Å²) in [4.78, 5) is 11.9. The Morgan fingerprint density at radius 2 is 1.95 bits per heavy atom. The number of rotatable bonds is 7. The minimum absolute atomic E-state index is 0.0412. The van der Waals surface area contributed by atoms with Gasteiger partial charge in [-0.05, 0) is 59.7 Å². The number of aromatic nitrogens is 2. The van der Waals surface area contributed by atoms with Crippen LogP contribution in [0.1, 0.15) is 37.6 Å². The van der Waals surface area contributed by atoms with Gasteiger partial charge < -0.3 is 4.74 Å².